The van der Waals surface area contributed by atoms with E-state index in [1.165, 1.54) is 24.3 Å². The fourth-order valence-corrected chi connectivity index (χ4v) is 5.77. The van der Waals surface area contributed by atoms with Gasteiger partial charge in [-0.15, -0.1) is 0 Å². The summed E-state index contributed by atoms with van der Waals surface area (Å²) >= 11 is 0. The molecule has 0 aromatic heterocycles. The minimum Gasteiger partial charge on any atom is -0.748 e. The maximum absolute atomic E-state index is 12.2. The number of nitrogens with two attached hydrogens (primary N) is 1. The molecule has 0 saturated carbocycles. The van der Waals surface area contributed by atoms with Crippen LogP contribution in [0, 0.1) is 0 Å². The summed E-state index contributed by atoms with van der Waals surface area (Å²) in [7, 11) is -4.60. The number of phenolic OH excluding ortho intramolecular Hbond substituents is 1. The van der Waals surface area contributed by atoms with E-state index in [0.29, 0.717) is 30.7 Å². The summed E-state index contributed by atoms with van der Waals surface area (Å²) in [5, 5.41) is 21.7. The maximum atomic E-state index is 12.2. The van der Waals surface area contributed by atoms with Crippen molar-refractivity contribution in [2.45, 2.75) is 56.4 Å². The van der Waals surface area contributed by atoms with Crippen molar-refractivity contribution in [1.29, 1.82) is 0 Å². The fourth-order valence-electron chi connectivity index (χ4n) is 4.95. The van der Waals surface area contributed by atoms with E-state index in [-0.39, 0.29) is 66.8 Å². The first kappa shape index (κ1) is 33.6. The van der Waals surface area contributed by atoms with Gasteiger partial charge in [-0.2, -0.15) is 0 Å². The third-order valence-corrected chi connectivity index (χ3v) is 8.47. The number of aliphatic imine (C=N–C) groups is 1. The van der Waals surface area contributed by atoms with Crippen LogP contribution in [0.25, 0.3) is 0 Å². The van der Waals surface area contributed by atoms with E-state index in [9.17, 15) is 23.2 Å². The van der Waals surface area contributed by atoms with Gasteiger partial charge < -0.3 is 30.6 Å². The molecule has 1 aliphatic rings. The number of aromatic hydroxyl groups is 1. The second-order valence-corrected chi connectivity index (χ2v) is 11.8. The number of rotatable bonds is 9. The van der Waals surface area contributed by atoms with Gasteiger partial charge in [0.2, 0.25) is 0 Å². The first-order valence-electron chi connectivity index (χ1n) is 13.6. The quantitative estimate of drug-likeness (QED) is 0.162. The van der Waals surface area contributed by atoms with Crippen LogP contribution in [0.5, 0.6) is 11.5 Å². The molecular formula is C31H36N3NaO6S. The van der Waals surface area contributed by atoms with Gasteiger partial charge in [0, 0.05) is 13.0 Å². The van der Waals surface area contributed by atoms with Crippen molar-refractivity contribution in [3.05, 3.63) is 107 Å². The maximum Gasteiger partial charge on any atom is 1.00 e. The molecule has 3 aromatic carbocycles. The van der Waals surface area contributed by atoms with Crippen molar-refractivity contribution < 1.29 is 57.5 Å². The molecule has 3 atom stereocenters. The van der Waals surface area contributed by atoms with Crippen molar-refractivity contribution >= 4 is 16.1 Å². The van der Waals surface area contributed by atoms with Gasteiger partial charge in [-0.25, -0.2) is 13.4 Å². The predicted molar refractivity (Wildman–Crippen MR) is 158 cm³/mol. The van der Waals surface area contributed by atoms with E-state index in [0.717, 1.165) is 22.3 Å². The van der Waals surface area contributed by atoms with Gasteiger partial charge >= 0.3 is 29.6 Å². The van der Waals surface area contributed by atoms with Gasteiger partial charge in [0.1, 0.15) is 11.5 Å². The van der Waals surface area contributed by atoms with Crippen LogP contribution in [-0.4, -0.2) is 41.1 Å². The summed E-state index contributed by atoms with van der Waals surface area (Å²) in [5.74, 6) is 0.837. The van der Waals surface area contributed by atoms with Gasteiger partial charge in [0.15, 0.2) is 12.7 Å². The van der Waals surface area contributed by atoms with E-state index in [4.69, 9.17) is 10.5 Å². The number of allylic oxidation sites excluding steroid dienone is 1. The Labute approximate surface area is 269 Å². The van der Waals surface area contributed by atoms with Crippen molar-refractivity contribution in [3.63, 3.8) is 0 Å². The smallest absolute Gasteiger partial charge is 0.748 e. The summed E-state index contributed by atoms with van der Waals surface area (Å²) in [4.78, 5) is 4.22. The molecule has 0 aliphatic carbocycles. The molecule has 0 fully saturated rings. The van der Waals surface area contributed by atoms with E-state index in [2.05, 4.69) is 16.4 Å². The Morgan fingerprint density at radius 3 is 2.52 bits per heavy atom. The number of nitrogens with zero attached hydrogens (tertiary/aromatic N) is 1. The zero-order chi connectivity index (χ0) is 29.4. The van der Waals surface area contributed by atoms with E-state index in [1.54, 1.807) is 12.1 Å². The van der Waals surface area contributed by atoms with Gasteiger partial charge in [-0.05, 0) is 71.2 Å². The summed E-state index contributed by atoms with van der Waals surface area (Å²) in [6, 6.07) is 20.0. The van der Waals surface area contributed by atoms with Crippen LogP contribution in [0.1, 0.15) is 66.0 Å². The Morgan fingerprint density at radius 2 is 1.81 bits per heavy atom. The average molecular weight is 602 g/mol. The predicted octanol–water partition coefficient (Wildman–Crippen LogP) is 1.22. The molecule has 1 heterocycles. The molecule has 218 valence electrons. The SMILES string of the molecule is CC[C@H](C[C@H](C/C=C/[C@@H](O)c1ccc(O)cc1)S(=O)(=O)[O-])c1ccc2c(c1)Cc1cccc(c1)CNC(N)=NCO2.[Na+]. The minimum absolute atomic E-state index is 0. The van der Waals surface area contributed by atoms with Gasteiger partial charge in [0.05, 0.1) is 21.5 Å². The van der Waals surface area contributed by atoms with Crippen LogP contribution < -0.4 is 45.3 Å². The van der Waals surface area contributed by atoms with Crippen LogP contribution in [0.4, 0.5) is 0 Å². The van der Waals surface area contributed by atoms with Gasteiger partial charge in [-0.3, -0.25) is 0 Å². The van der Waals surface area contributed by atoms with E-state index < -0.39 is 21.5 Å². The fraction of sp³-hybridized carbons (Fsp3) is 0.323. The Bertz CT molecular complexity index is 1490. The Kier molecular flexibility index (Phi) is 12.5. The molecular weight excluding hydrogens is 565 g/mol. The number of guanidine groups is 1. The molecule has 0 amide bonds. The molecule has 2 bridgehead atoms. The number of ether oxygens (including phenoxy) is 1. The van der Waals surface area contributed by atoms with E-state index >= 15 is 0 Å². The Morgan fingerprint density at radius 1 is 1.10 bits per heavy atom. The number of hydrogen-bond donors (Lipinski definition) is 4. The molecule has 0 spiro atoms. The molecule has 0 unspecified atom stereocenters. The first-order valence-corrected chi connectivity index (χ1v) is 15.0. The molecule has 11 heteroatoms. The normalized spacial score (nSPS) is 15.8. The molecule has 1 aliphatic heterocycles. The van der Waals surface area contributed by atoms with Gasteiger partial charge in [0.25, 0.3) is 0 Å². The molecule has 0 saturated heterocycles. The van der Waals surface area contributed by atoms with Crippen molar-refractivity contribution in [2.75, 3.05) is 6.73 Å². The van der Waals surface area contributed by atoms with Crippen LogP contribution in [0.2, 0.25) is 0 Å². The molecule has 4 rings (SSSR count). The number of fused-ring (bicyclic) bond motifs is 3. The van der Waals surface area contributed by atoms with Crippen LogP contribution in [0.15, 0.2) is 83.9 Å². The van der Waals surface area contributed by atoms with Crippen LogP contribution in [-0.2, 0) is 23.1 Å². The van der Waals surface area contributed by atoms with E-state index in [1.807, 2.05) is 43.3 Å². The van der Waals surface area contributed by atoms with Crippen molar-refractivity contribution in [3.8, 4) is 11.5 Å². The molecule has 3 aromatic rings. The van der Waals surface area contributed by atoms with Gasteiger partial charge in [-0.1, -0.05) is 67.6 Å². The second kappa shape index (κ2) is 15.6. The Balaban J connectivity index is 0.00000484. The first-order chi connectivity index (χ1) is 19.6. The number of aliphatic hydroxyl groups is 1. The number of nitrogens with one attached hydrogen (secondary N) is 1. The zero-order valence-electron chi connectivity index (χ0n) is 23.9. The van der Waals surface area contributed by atoms with Crippen molar-refractivity contribution in [1.82, 2.24) is 5.32 Å². The summed E-state index contributed by atoms with van der Waals surface area (Å²) in [6.07, 6.45) is 3.36. The number of benzene rings is 3. The molecule has 5 N–H and O–H groups in total. The van der Waals surface area contributed by atoms with Crippen LogP contribution >= 0.6 is 0 Å². The standard InChI is InChI=1S/C31H37N3O6S.Na/c1-2-23(18-28(41(37,38)39)7-4-8-29(36)24-9-12-27(35)13-10-24)25-11-14-30-26(17-25)16-21-5-3-6-22(15-21)19-33-31(32)34-20-40-30;/h3-6,8-15,17,23,28-29,35-36H,2,7,16,18-20H2,1H3,(H3,32,33,34)(H,37,38,39);/q;+1/p-1/b8-4+;/t23-,28+,29-;/m1./s1. The topological polar surface area (TPSA) is 157 Å². The third kappa shape index (κ3) is 9.58. The Hall–Kier alpha value is -2.86. The van der Waals surface area contributed by atoms with Crippen LogP contribution in [0.3, 0.4) is 0 Å². The summed E-state index contributed by atoms with van der Waals surface area (Å²) in [5.41, 5.74) is 10.5. The summed E-state index contributed by atoms with van der Waals surface area (Å²) in [6.45, 7) is 2.56. The third-order valence-electron chi connectivity index (χ3n) is 7.27. The van der Waals surface area contributed by atoms with Crippen molar-refractivity contribution in [2.24, 2.45) is 10.7 Å². The molecule has 42 heavy (non-hydrogen) atoms. The number of phenols is 1. The second-order valence-electron chi connectivity index (χ2n) is 10.2. The average Bonchev–Trinajstić information content (AvgIpc) is 2.94. The number of aliphatic hydroxyl groups excluding tert-OH is 1. The molecule has 0 radical (unpaired) electrons. The number of hydrogen-bond acceptors (Lipinski definition) is 9. The largest absolute Gasteiger partial charge is 1.00 e. The molecule has 9 nitrogen and oxygen atoms in total. The zero-order valence-corrected chi connectivity index (χ0v) is 26.8. The summed E-state index contributed by atoms with van der Waals surface area (Å²) < 4.78 is 42.7. The minimum atomic E-state index is -4.60. The monoisotopic (exact) mass is 601 g/mol.